The summed E-state index contributed by atoms with van der Waals surface area (Å²) in [6, 6.07) is 9.23. The number of nitrogens with zero attached hydrogens (tertiary/aromatic N) is 2. The fourth-order valence-corrected chi connectivity index (χ4v) is 3.43. The molecule has 1 saturated carbocycles. The lowest BCUT2D eigenvalue weighted by atomic mass is 9.76. The summed E-state index contributed by atoms with van der Waals surface area (Å²) in [5, 5.41) is 7.92. The van der Waals surface area contributed by atoms with Crippen molar-refractivity contribution in [3.05, 3.63) is 52.3 Å². The fraction of sp³-hybridized carbons (Fsp3) is 0.438. The molecule has 1 N–H and O–H groups in total. The van der Waals surface area contributed by atoms with E-state index in [9.17, 15) is 0 Å². The highest BCUT2D eigenvalue weighted by Gasteiger charge is 2.30. The van der Waals surface area contributed by atoms with Crippen LogP contribution in [0.4, 0.5) is 0 Å². The van der Waals surface area contributed by atoms with Gasteiger partial charge in [-0.25, -0.2) is 0 Å². The first-order valence-electron chi connectivity index (χ1n) is 7.19. The largest absolute Gasteiger partial charge is 0.312 e. The number of hydrogen-bond acceptors (Lipinski definition) is 2. The summed E-state index contributed by atoms with van der Waals surface area (Å²) in [7, 11) is 0. The van der Waals surface area contributed by atoms with E-state index in [4.69, 9.17) is 0 Å². The summed E-state index contributed by atoms with van der Waals surface area (Å²) < 4.78 is 3.25. The number of benzene rings is 1. The predicted molar refractivity (Wildman–Crippen MR) is 84.9 cm³/mol. The Hall–Kier alpha value is -1.13. The Morgan fingerprint density at radius 3 is 2.85 bits per heavy atom. The molecule has 1 fully saturated rings. The van der Waals surface area contributed by atoms with E-state index in [-0.39, 0.29) is 0 Å². The van der Waals surface area contributed by atoms with Gasteiger partial charge in [-0.15, -0.1) is 0 Å². The van der Waals surface area contributed by atoms with E-state index in [1.54, 1.807) is 0 Å². The van der Waals surface area contributed by atoms with Gasteiger partial charge in [-0.05, 0) is 42.9 Å². The minimum Gasteiger partial charge on any atom is -0.312 e. The van der Waals surface area contributed by atoms with Crippen molar-refractivity contribution in [2.45, 2.75) is 38.3 Å². The topological polar surface area (TPSA) is 29.9 Å². The standard InChI is InChI=1S/C16H20BrN3/c1-12-10-19-20(11-12)7-6-18-14-8-13(9-14)15-4-2-3-5-16(15)17/h2-5,10-11,13-14,18H,6-9H2,1H3. The van der Waals surface area contributed by atoms with Crippen molar-refractivity contribution in [3.63, 3.8) is 0 Å². The van der Waals surface area contributed by atoms with Crippen LogP contribution in [0.3, 0.4) is 0 Å². The van der Waals surface area contributed by atoms with E-state index in [1.165, 1.54) is 28.4 Å². The molecule has 1 heterocycles. The van der Waals surface area contributed by atoms with Crippen LogP contribution < -0.4 is 5.32 Å². The smallest absolute Gasteiger partial charge is 0.0534 e. The lowest BCUT2D eigenvalue weighted by Crippen LogP contribution is -2.41. The van der Waals surface area contributed by atoms with Crippen molar-refractivity contribution in [3.8, 4) is 0 Å². The minimum absolute atomic E-state index is 0.656. The molecular formula is C16H20BrN3. The Kier molecular flexibility index (Phi) is 4.22. The number of rotatable bonds is 5. The van der Waals surface area contributed by atoms with Crippen LogP contribution in [-0.2, 0) is 6.54 Å². The Labute approximate surface area is 128 Å². The third-order valence-corrected chi connectivity index (χ3v) is 4.74. The molecule has 0 radical (unpaired) electrons. The van der Waals surface area contributed by atoms with Gasteiger partial charge in [0.15, 0.2) is 0 Å². The van der Waals surface area contributed by atoms with Crippen LogP contribution in [0.25, 0.3) is 0 Å². The van der Waals surface area contributed by atoms with Gasteiger partial charge in [-0.1, -0.05) is 34.1 Å². The van der Waals surface area contributed by atoms with Gasteiger partial charge in [0.1, 0.15) is 0 Å². The molecule has 4 heteroatoms. The summed E-state index contributed by atoms with van der Waals surface area (Å²) in [5.74, 6) is 0.704. The molecule has 0 spiro atoms. The van der Waals surface area contributed by atoms with E-state index in [0.717, 1.165) is 13.1 Å². The molecule has 3 nitrogen and oxygen atoms in total. The van der Waals surface area contributed by atoms with Gasteiger partial charge in [0.25, 0.3) is 0 Å². The third kappa shape index (κ3) is 3.13. The highest BCUT2D eigenvalue weighted by atomic mass is 79.9. The normalized spacial score (nSPS) is 21.7. The zero-order chi connectivity index (χ0) is 13.9. The second-order valence-corrected chi connectivity index (χ2v) is 6.48. The lowest BCUT2D eigenvalue weighted by molar-refractivity contribution is 0.286. The molecule has 106 valence electrons. The summed E-state index contributed by atoms with van der Waals surface area (Å²) >= 11 is 3.65. The van der Waals surface area contributed by atoms with Crippen molar-refractivity contribution in [2.75, 3.05) is 6.54 Å². The molecule has 1 aliphatic rings. The second-order valence-electron chi connectivity index (χ2n) is 5.62. The van der Waals surface area contributed by atoms with Crippen molar-refractivity contribution in [2.24, 2.45) is 0 Å². The Bertz CT molecular complexity index is 573. The first-order chi connectivity index (χ1) is 9.72. The van der Waals surface area contributed by atoms with Gasteiger partial charge in [-0.3, -0.25) is 4.68 Å². The van der Waals surface area contributed by atoms with Gasteiger partial charge < -0.3 is 5.32 Å². The maximum Gasteiger partial charge on any atom is 0.0534 e. The van der Waals surface area contributed by atoms with Crippen molar-refractivity contribution in [1.82, 2.24) is 15.1 Å². The highest BCUT2D eigenvalue weighted by molar-refractivity contribution is 9.10. The highest BCUT2D eigenvalue weighted by Crippen LogP contribution is 2.39. The summed E-state index contributed by atoms with van der Waals surface area (Å²) in [6.45, 7) is 4.02. The van der Waals surface area contributed by atoms with E-state index in [2.05, 4.69) is 63.7 Å². The number of halogens is 1. The van der Waals surface area contributed by atoms with Crippen molar-refractivity contribution < 1.29 is 0 Å². The van der Waals surface area contributed by atoms with E-state index in [0.29, 0.717) is 12.0 Å². The molecule has 1 aromatic heterocycles. The minimum atomic E-state index is 0.656. The molecule has 0 saturated heterocycles. The van der Waals surface area contributed by atoms with Gasteiger partial charge in [0.05, 0.1) is 12.7 Å². The Morgan fingerprint density at radius 1 is 1.35 bits per heavy atom. The monoisotopic (exact) mass is 333 g/mol. The molecule has 0 unspecified atom stereocenters. The summed E-state index contributed by atoms with van der Waals surface area (Å²) in [6.07, 6.45) is 6.47. The van der Waals surface area contributed by atoms with Crippen LogP contribution in [-0.4, -0.2) is 22.4 Å². The molecule has 20 heavy (non-hydrogen) atoms. The van der Waals surface area contributed by atoms with E-state index < -0.39 is 0 Å². The van der Waals surface area contributed by atoms with Crippen LogP contribution in [0, 0.1) is 6.92 Å². The first kappa shape index (κ1) is 13.8. The second kappa shape index (κ2) is 6.10. The molecular weight excluding hydrogens is 314 g/mol. The number of aryl methyl sites for hydroxylation is 1. The first-order valence-corrected chi connectivity index (χ1v) is 7.98. The third-order valence-electron chi connectivity index (χ3n) is 4.02. The molecule has 0 aliphatic heterocycles. The number of hydrogen-bond donors (Lipinski definition) is 1. The van der Waals surface area contributed by atoms with Crippen molar-refractivity contribution in [1.29, 1.82) is 0 Å². The molecule has 0 atom stereocenters. The van der Waals surface area contributed by atoms with Crippen LogP contribution in [0.2, 0.25) is 0 Å². The van der Waals surface area contributed by atoms with E-state index in [1.807, 2.05) is 10.9 Å². The molecule has 3 rings (SSSR count). The van der Waals surface area contributed by atoms with Gasteiger partial charge >= 0.3 is 0 Å². The van der Waals surface area contributed by atoms with Crippen LogP contribution in [0.15, 0.2) is 41.1 Å². The molecule has 2 aromatic rings. The zero-order valence-electron chi connectivity index (χ0n) is 11.7. The van der Waals surface area contributed by atoms with Crippen LogP contribution in [0.1, 0.15) is 29.9 Å². The Balaban J connectivity index is 1.41. The quantitative estimate of drug-likeness (QED) is 0.907. The number of aromatic nitrogens is 2. The van der Waals surface area contributed by atoms with Crippen LogP contribution in [0.5, 0.6) is 0 Å². The van der Waals surface area contributed by atoms with Crippen molar-refractivity contribution >= 4 is 15.9 Å². The molecule has 0 amide bonds. The predicted octanol–water partition coefficient (Wildman–Crippen LogP) is 3.49. The molecule has 1 aliphatic carbocycles. The molecule has 1 aromatic carbocycles. The van der Waals surface area contributed by atoms with Gasteiger partial charge in [0.2, 0.25) is 0 Å². The molecule has 0 bridgehead atoms. The average Bonchev–Trinajstić information content (AvgIpc) is 2.79. The van der Waals surface area contributed by atoms with Gasteiger partial charge in [-0.2, -0.15) is 5.10 Å². The van der Waals surface area contributed by atoms with E-state index >= 15 is 0 Å². The lowest BCUT2D eigenvalue weighted by Gasteiger charge is -2.37. The average molecular weight is 334 g/mol. The SMILES string of the molecule is Cc1cnn(CCNC2CC(c3ccccc3Br)C2)c1. The zero-order valence-corrected chi connectivity index (χ0v) is 13.3. The maximum atomic E-state index is 4.30. The van der Waals surface area contributed by atoms with Crippen LogP contribution >= 0.6 is 15.9 Å². The Morgan fingerprint density at radius 2 is 2.15 bits per heavy atom. The van der Waals surface area contributed by atoms with Gasteiger partial charge in [0, 0.05) is 23.3 Å². The summed E-state index contributed by atoms with van der Waals surface area (Å²) in [4.78, 5) is 0. The maximum absolute atomic E-state index is 4.30. The fourth-order valence-electron chi connectivity index (χ4n) is 2.82. The number of nitrogens with one attached hydrogen (secondary N) is 1. The summed E-state index contributed by atoms with van der Waals surface area (Å²) in [5.41, 5.74) is 2.68.